The Hall–Kier alpha value is -1.83. The molecule has 2 rings (SSSR count). The molecule has 0 atom stereocenters. The number of allylic oxidation sites excluding steroid dienone is 3. The smallest absolute Gasteiger partial charge is 0.0682 e. The van der Waals surface area contributed by atoms with Crippen molar-refractivity contribution in [1.82, 2.24) is 0 Å². The molecule has 0 N–H and O–H groups in total. The maximum Gasteiger partial charge on any atom is 0.0682 e. The van der Waals surface area contributed by atoms with E-state index in [1.54, 1.807) is 0 Å². The van der Waals surface area contributed by atoms with Crippen molar-refractivity contribution in [3.8, 4) is 0 Å². The monoisotopic (exact) mass is 240 g/mol. The molecule has 0 aliphatic carbocycles. The van der Waals surface area contributed by atoms with Crippen LogP contribution in [0, 0.1) is 0 Å². The van der Waals surface area contributed by atoms with Crippen LogP contribution in [0.5, 0.6) is 0 Å². The Morgan fingerprint density at radius 1 is 1.11 bits per heavy atom. The predicted octanol–water partition coefficient (Wildman–Crippen LogP) is 4.25. The van der Waals surface area contributed by atoms with Crippen LogP contribution in [-0.4, -0.2) is 6.21 Å². The maximum atomic E-state index is 4.44. The minimum atomic E-state index is 0.152. The molecule has 0 aromatic heterocycles. The minimum Gasteiger partial charge on any atom is -0.241 e. The standard InChI is InChI=1S/C16H20N2/c1-4-16(2,3)14-10-6-7-11-15(14)18-13-9-5-8-12-17-18/h5-13H,4H2,1-3H3. The Labute approximate surface area is 109 Å². The summed E-state index contributed by atoms with van der Waals surface area (Å²) in [7, 11) is 0. The number of hydrogen-bond donors (Lipinski definition) is 0. The van der Waals surface area contributed by atoms with Crippen molar-refractivity contribution in [3.63, 3.8) is 0 Å². The van der Waals surface area contributed by atoms with E-state index in [0.29, 0.717) is 0 Å². The molecule has 0 saturated carbocycles. The van der Waals surface area contributed by atoms with Gasteiger partial charge in [-0.25, -0.2) is 5.01 Å². The van der Waals surface area contributed by atoms with Crippen molar-refractivity contribution in [2.24, 2.45) is 5.10 Å². The van der Waals surface area contributed by atoms with Crippen molar-refractivity contribution in [1.29, 1.82) is 0 Å². The van der Waals surface area contributed by atoms with Gasteiger partial charge in [-0.15, -0.1) is 0 Å². The van der Waals surface area contributed by atoms with Gasteiger partial charge in [0.05, 0.1) is 5.69 Å². The van der Waals surface area contributed by atoms with Gasteiger partial charge in [-0.2, -0.15) is 5.10 Å². The first-order valence-electron chi connectivity index (χ1n) is 6.41. The van der Waals surface area contributed by atoms with E-state index in [2.05, 4.69) is 50.1 Å². The van der Waals surface area contributed by atoms with Crippen molar-refractivity contribution in [2.75, 3.05) is 5.01 Å². The Morgan fingerprint density at radius 3 is 2.67 bits per heavy atom. The fourth-order valence-corrected chi connectivity index (χ4v) is 1.97. The molecule has 1 aromatic rings. The highest BCUT2D eigenvalue weighted by atomic mass is 15.4. The maximum absolute atomic E-state index is 4.44. The summed E-state index contributed by atoms with van der Waals surface area (Å²) >= 11 is 0. The fourth-order valence-electron chi connectivity index (χ4n) is 1.97. The van der Waals surface area contributed by atoms with Crippen molar-refractivity contribution < 1.29 is 0 Å². The lowest BCUT2D eigenvalue weighted by Crippen LogP contribution is -2.20. The van der Waals surface area contributed by atoms with Gasteiger partial charge in [-0.3, -0.25) is 0 Å². The SMILES string of the molecule is CCC(C)(C)c1ccccc1N1C=CC=CC=N1. The average Bonchev–Trinajstić information content (AvgIpc) is 2.67. The summed E-state index contributed by atoms with van der Waals surface area (Å²) in [6.45, 7) is 6.77. The number of hydrazone groups is 1. The van der Waals surface area contributed by atoms with Crippen molar-refractivity contribution in [2.45, 2.75) is 32.6 Å². The first-order valence-corrected chi connectivity index (χ1v) is 6.41. The zero-order chi connectivity index (χ0) is 13.0. The summed E-state index contributed by atoms with van der Waals surface area (Å²) in [6, 6.07) is 8.48. The Kier molecular flexibility index (Phi) is 3.66. The summed E-state index contributed by atoms with van der Waals surface area (Å²) in [6.07, 6.45) is 10.8. The molecule has 2 heteroatoms. The van der Waals surface area contributed by atoms with Crippen LogP contribution in [0.2, 0.25) is 0 Å². The highest BCUT2D eigenvalue weighted by Crippen LogP contribution is 2.34. The average molecular weight is 240 g/mol. The number of anilines is 1. The van der Waals surface area contributed by atoms with E-state index in [4.69, 9.17) is 0 Å². The quantitative estimate of drug-likeness (QED) is 0.771. The molecule has 0 unspecified atom stereocenters. The summed E-state index contributed by atoms with van der Waals surface area (Å²) in [5.74, 6) is 0. The van der Waals surface area contributed by atoms with Gasteiger partial charge >= 0.3 is 0 Å². The van der Waals surface area contributed by atoms with Crippen LogP contribution in [-0.2, 0) is 5.41 Å². The van der Waals surface area contributed by atoms with E-state index in [9.17, 15) is 0 Å². The number of rotatable bonds is 3. The minimum absolute atomic E-state index is 0.152. The molecular weight excluding hydrogens is 220 g/mol. The van der Waals surface area contributed by atoms with Crippen LogP contribution in [0.4, 0.5) is 5.69 Å². The van der Waals surface area contributed by atoms with Crippen LogP contribution in [0.1, 0.15) is 32.8 Å². The molecule has 1 aromatic carbocycles. The number of hydrogen-bond acceptors (Lipinski definition) is 2. The molecule has 0 radical (unpaired) electrons. The molecular formula is C16H20N2. The van der Waals surface area contributed by atoms with Crippen LogP contribution in [0.3, 0.4) is 0 Å². The van der Waals surface area contributed by atoms with Gasteiger partial charge in [0.15, 0.2) is 0 Å². The zero-order valence-corrected chi connectivity index (χ0v) is 11.3. The summed E-state index contributed by atoms with van der Waals surface area (Å²) in [4.78, 5) is 0. The van der Waals surface area contributed by atoms with E-state index < -0.39 is 0 Å². The molecule has 1 aliphatic rings. The summed E-state index contributed by atoms with van der Waals surface area (Å²) < 4.78 is 0. The summed E-state index contributed by atoms with van der Waals surface area (Å²) in [5.41, 5.74) is 2.64. The largest absolute Gasteiger partial charge is 0.241 e. The van der Waals surface area contributed by atoms with E-state index in [0.717, 1.165) is 12.1 Å². The van der Waals surface area contributed by atoms with E-state index >= 15 is 0 Å². The second-order valence-corrected chi connectivity index (χ2v) is 5.09. The molecule has 1 aliphatic heterocycles. The third kappa shape index (κ3) is 2.53. The van der Waals surface area contributed by atoms with Crippen LogP contribution in [0.25, 0.3) is 0 Å². The van der Waals surface area contributed by atoms with Crippen LogP contribution < -0.4 is 5.01 Å². The van der Waals surface area contributed by atoms with Gasteiger partial charge in [-0.1, -0.05) is 45.0 Å². The predicted molar refractivity (Wildman–Crippen MR) is 79.0 cm³/mol. The van der Waals surface area contributed by atoms with Crippen molar-refractivity contribution >= 4 is 11.9 Å². The fraction of sp³-hybridized carbons (Fsp3) is 0.312. The molecule has 2 nitrogen and oxygen atoms in total. The Bertz CT molecular complexity index is 480. The van der Waals surface area contributed by atoms with Gasteiger partial charge in [0, 0.05) is 12.4 Å². The number of benzene rings is 1. The molecule has 0 saturated heterocycles. The third-order valence-electron chi connectivity index (χ3n) is 3.49. The molecule has 94 valence electrons. The van der Waals surface area contributed by atoms with E-state index in [1.165, 1.54) is 5.56 Å². The van der Waals surface area contributed by atoms with E-state index in [1.807, 2.05) is 35.7 Å². The molecule has 1 heterocycles. The number of para-hydroxylation sites is 1. The highest BCUT2D eigenvalue weighted by molar-refractivity contribution is 5.74. The van der Waals surface area contributed by atoms with Gasteiger partial charge in [0.2, 0.25) is 0 Å². The summed E-state index contributed by atoms with van der Waals surface area (Å²) in [5, 5.41) is 6.37. The van der Waals surface area contributed by atoms with Gasteiger partial charge in [0.1, 0.15) is 0 Å². The topological polar surface area (TPSA) is 15.6 Å². The Morgan fingerprint density at radius 2 is 1.89 bits per heavy atom. The first-order chi connectivity index (χ1) is 8.65. The molecule has 0 bridgehead atoms. The normalized spacial score (nSPS) is 14.9. The number of nitrogens with zero attached hydrogens (tertiary/aromatic N) is 2. The molecule has 0 fully saturated rings. The zero-order valence-electron chi connectivity index (χ0n) is 11.3. The van der Waals surface area contributed by atoms with Gasteiger partial charge in [0.25, 0.3) is 0 Å². The van der Waals surface area contributed by atoms with Crippen LogP contribution in [0.15, 0.2) is 53.8 Å². The lowest BCUT2D eigenvalue weighted by atomic mass is 9.81. The first kappa shape index (κ1) is 12.6. The van der Waals surface area contributed by atoms with Gasteiger partial charge < -0.3 is 0 Å². The molecule has 0 amide bonds. The Balaban J connectivity index is 2.45. The van der Waals surface area contributed by atoms with Gasteiger partial charge in [-0.05, 0) is 35.6 Å². The highest BCUT2D eigenvalue weighted by Gasteiger charge is 2.23. The lowest BCUT2D eigenvalue weighted by molar-refractivity contribution is 0.506. The van der Waals surface area contributed by atoms with Crippen molar-refractivity contribution in [3.05, 3.63) is 54.3 Å². The molecule has 0 spiro atoms. The lowest BCUT2D eigenvalue weighted by Gasteiger charge is -2.28. The second kappa shape index (κ2) is 5.21. The molecule has 18 heavy (non-hydrogen) atoms. The van der Waals surface area contributed by atoms with Crippen LogP contribution >= 0.6 is 0 Å². The van der Waals surface area contributed by atoms with E-state index in [-0.39, 0.29) is 5.41 Å². The second-order valence-electron chi connectivity index (χ2n) is 5.09. The third-order valence-corrected chi connectivity index (χ3v) is 3.49.